The van der Waals surface area contributed by atoms with Gasteiger partial charge in [-0.2, -0.15) is 0 Å². The van der Waals surface area contributed by atoms with Gasteiger partial charge in [0.05, 0.1) is 32.2 Å². The molecule has 10 heteroatoms. The molecule has 184 valence electrons. The first-order valence-electron chi connectivity index (χ1n) is 10.6. The van der Waals surface area contributed by atoms with Crippen molar-refractivity contribution < 1.29 is 23.5 Å². The van der Waals surface area contributed by atoms with Gasteiger partial charge in [-0.1, -0.05) is 12.1 Å². The van der Waals surface area contributed by atoms with Gasteiger partial charge in [-0.3, -0.25) is 9.69 Å². The van der Waals surface area contributed by atoms with E-state index in [1.54, 1.807) is 49.5 Å². The number of benzene rings is 3. The second-order valence-electron chi connectivity index (χ2n) is 7.64. The van der Waals surface area contributed by atoms with Crippen molar-refractivity contribution in [1.29, 1.82) is 0 Å². The van der Waals surface area contributed by atoms with Crippen LogP contribution in [0.4, 0.5) is 10.1 Å². The average Bonchev–Trinajstić information content (AvgIpc) is 3.12. The zero-order valence-electron chi connectivity index (χ0n) is 19.1. The third kappa shape index (κ3) is 6.05. The average molecular weight is 634 g/mol. The van der Waals surface area contributed by atoms with Gasteiger partial charge in [-0.25, -0.2) is 14.2 Å². The van der Waals surface area contributed by atoms with Crippen LogP contribution in [-0.2, 0) is 16.1 Å². The predicted molar refractivity (Wildman–Crippen MR) is 146 cm³/mol. The molecule has 1 aliphatic heterocycles. The van der Waals surface area contributed by atoms with Crippen LogP contribution in [0, 0.1) is 5.82 Å². The summed E-state index contributed by atoms with van der Waals surface area (Å²) in [7, 11) is 2.99. The second kappa shape index (κ2) is 11.4. The van der Waals surface area contributed by atoms with Crippen molar-refractivity contribution in [3.63, 3.8) is 0 Å². The zero-order valence-corrected chi connectivity index (χ0v) is 23.1. The number of thioether (sulfide) groups is 1. The third-order valence-electron chi connectivity index (χ3n) is 5.13. The fraction of sp³-hybridized carbons (Fsp3) is 0.115. The number of rotatable bonds is 6. The number of ether oxygens (including phenoxy) is 2. The van der Waals surface area contributed by atoms with Crippen molar-refractivity contribution in [3.8, 4) is 5.75 Å². The number of carbonyl (C=O) groups excluding carboxylic acids is 2. The Morgan fingerprint density at radius 3 is 2.33 bits per heavy atom. The molecule has 1 fully saturated rings. The first-order valence-corrected chi connectivity index (χ1v) is 13.0. The molecule has 0 saturated carbocycles. The highest BCUT2D eigenvalue weighted by molar-refractivity contribution is 9.11. The van der Waals surface area contributed by atoms with Crippen LogP contribution in [-0.4, -0.2) is 36.1 Å². The Morgan fingerprint density at radius 1 is 1.08 bits per heavy atom. The lowest BCUT2D eigenvalue weighted by atomic mass is 10.2. The molecule has 36 heavy (non-hydrogen) atoms. The Labute approximate surface area is 228 Å². The fourth-order valence-corrected chi connectivity index (χ4v) is 5.68. The van der Waals surface area contributed by atoms with E-state index in [1.807, 2.05) is 12.1 Å². The van der Waals surface area contributed by atoms with Crippen LogP contribution in [0.1, 0.15) is 21.5 Å². The van der Waals surface area contributed by atoms with E-state index in [1.165, 1.54) is 35.9 Å². The van der Waals surface area contributed by atoms with Gasteiger partial charge in [0.2, 0.25) is 0 Å². The van der Waals surface area contributed by atoms with Gasteiger partial charge in [0.25, 0.3) is 5.91 Å². The van der Waals surface area contributed by atoms with Crippen molar-refractivity contribution in [2.45, 2.75) is 6.61 Å². The van der Waals surface area contributed by atoms with Gasteiger partial charge in [-0.15, -0.1) is 0 Å². The molecule has 1 saturated heterocycles. The summed E-state index contributed by atoms with van der Waals surface area (Å²) in [5, 5.41) is 0.523. The topological polar surface area (TPSA) is 68.2 Å². The van der Waals surface area contributed by atoms with Crippen molar-refractivity contribution in [2.24, 2.45) is 4.99 Å². The number of aliphatic imine (C=N–C) groups is 1. The van der Waals surface area contributed by atoms with Crippen LogP contribution in [0.25, 0.3) is 6.08 Å². The molecule has 0 spiro atoms. The number of halogens is 3. The monoisotopic (exact) mass is 632 g/mol. The summed E-state index contributed by atoms with van der Waals surface area (Å²) in [6, 6.07) is 16.5. The maximum absolute atomic E-state index is 13.1. The summed E-state index contributed by atoms with van der Waals surface area (Å²) < 4.78 is 25.1. The summed E-state index contributed by atoms with van der Waals surface area (Å²) >= 11 is 8.33. The summed E-state index contributed by atoms with van der Waals surface area (Å²) in [6.45, 7) is 0.275. The third-order valence-corrected chi connectivity index (χ3v) is 7.37. The van der Waals surface area contributed by atoms with E-state index in [2.05, 4.69) is 36.9 Å². The number of esters is 1. The highest BCUT2D eigenvalue weighted by Gasteiger charge is 2.30. The maximum atomic E-state index is 13.1. The Balaban J connectivity index is 1.51. The Hall–Kier alpha value is -2.95. The van der Waals surface area contributed by atoms with Gasteiger partial charge in [-0.05, 0) is 109 Å². The molecule has 1 heterocycles. The largest absolute Gasteiger partial charge is 0.487 e. The van der Waals surface area contributed by atoms with Gasteiger partial charge in [0.15, 0.2) is 5.17 Å². The number of amidine groups is 1. The molecular formula is C26H19Br2FN2O4S. The molecule has 1 amide bonds. The summed E-state index contributed by atoms with van der Waals surface area (Å²) in [5.74, 6) is -0.297. The molecular weight excluding hydrogens is 615 g/mol. The number of carbonyl (C=O) groups is 2. The number of hydrogen-bond donors (Lipinski definition) is 0. The van der Waals surface area contributed by atoms with Crippen molar-refractivity contribution in [1.82, 2.24) is 4.90 Å². The van der Waals surface area contributed by atoms with Crippen molar-refractivity contribution >= 4 is 72.4 Å². The highest BCUT2D eigenvalue weighted by atomic mass is 79.9. The van der Waals surface area contributed by atoms with Crippen LogP contribution in [0.15, 0.2) is 79.5 Å². The van der Waals surface area contributed by atoms with Gasteiger partial charge in [0.1, 0.15) is 18.2 Å². The van der Waals surface area contributed by atoms with Crippen LogP contribution in [0.5, 0.6) is 5.75 Å². The first kappa shape index (κ1) is 26.1. The molecule has 6 nitrogen and oxygen atoms in total. The van der Waals surface area contributed by atoms with E-state index in [0.29, 0.717) is 36.0 Å². The predicted octanol–water partition coefficient (Wildman–Crippen LogP) is 6.95. The van der Waals surface area contributed by atoms with Gasteiger partial charge in [0, 0.05) is 7.05 Å². The minimum atomic E-state index is -0.425. The molecule has 0 aromatic heterocycles. The van der Waals surface area contributed by atoms with E-state index < -0.39 is 5.97 Å². The maximum Gasteiger partial charge on any atom is 0.337 e. The van der Waals surface area contributed by atoms with E-state index in [4.69, 9.17) is 9.47 Å². The molecule has 1 aliphatic rings. The van der Waals surface area contributed by atoms with Crippen LogP contribution < -0.4 is 4.74 Å². The highest BCUT2D eigenvalue weighted by Crippen LogP contribution is 2.38. The van der Waals surface area contributed by atoms with Crippen LogP contribution >= 0.6 is 43.6 Å². The zero-order chi connectivity index (χ0) is 25.8. The van der Waals surface area contributed by atoms with E-state index >= 15 is 0 Å². The minimum Gasteiger partial charge on any atom is -0.487 e. The summed E-state index contributed by atoms with van der Waals surface area (Å²) in [5.41, 5.74) is 2.66. The normalized spacial score (nSPS) is 15.6. The minimum absolute atomic E-state index is 0.172. The lowest BCUT2D eigenvalue weighted by molar-refractivity contribution is -0.121. The Bertz CT molecular complexity index is 1350. The second-order valence-corrected chi connectivity index (χ2v) is 10.4. The first-order chi connectivity index (χ1) is 17.2. The molecule has 0 N–H and O–H groups in total. The number of methoxy groups -OCH3 is 1. The molecule has 0 bridgehead atoms. The number of nitrogens with zero attached hydrogens (tertiary/aromatic N) is 2. The standard InChI is InChI=1S/C26H19Br2FN2O4S/c1-31-24(32)22(36-26(31)30-19-9-5-17(6-10-19)25(33)34-2)13-16-11-20(27)23(21(28)12-16)35-14-15-3-7-18(29)8-4-15/h3-13H,14H2,1-2H3/b22-13-,30-26?. The molecule has 3 aromatic carbocycles. The molecule has 3 aromatic rings. The van der Waals surface area contributed by atoms with E-state index in [-0.39, 0.29) is 18.3 Å². The SMILES string of the molecule is COC(=O)c1ccc(N=C2S/C(=C\c3cc(Br)c(OCc4ccc(F)cc4)c(Br)c3)C(=O)N2C)cc1. The molecule has 0 radical (unpaired) electrons. The molecule has 0 aliphatic carbocycles. The molecule has 4 rings (SSSR count). The molecule has 0 unspecified atom stereocenters. The van der Waals surface area contributed by atoms with Crippen molar-refractivity contribution in [3.05, 3.63) is 97.0 Å². The lowest BCUT2D eigenvalue weighted by Crippen LogP contribution is -2.23. The number of hydrogen-bond acceptors (Lipinski definition) is 6. The quantitative estimate of drug-likeness (QED) is 0.217. The van der Waals surface area contributed by atoms with Crippen LogP contribution in [0.2, 0.25) is 0 Å². The summed E-state index contributed by atoms with van der Waals surface area (Å²) in [6.07, 6.45) is 1.78. The van der Waals surface area contributed by atoms with Crippen LogP contribution in [0.3, 0.4) is 0 Å². The van der Waals surface area contributed by atoms with E-state index in [9.17, 15) is 14.0 Å². The lowest BCUT2D eigenvalue weighted by Gasteiger charge is -2.11. The van der Waals surface area contributed by atoms with Crippen molar-refractivity contribution in [2.75, 3.05) is 14.2 Å². The molecule has 0 atom stereocenters. The Kier molecular flexibility index (Phi) is 8.28. The number of amides is 1. The Morgan fingerprint density at radius 2 is 1.72 bits per heavy atom. The van der Waals surface area contributed by atoms with Gasteiger partial charge >= 0.3 is 5.97 Å². The van der Waals surface area contributed by atoms with E-state index in [0.717, 1.165) is 11.1 Å². The van der Waals surface area contributed by atoms with Gasteiger partial charge < -0.3 is 9.47 Å². The summed E-state index contributed by atoms with van der Waals surface area (Å²) in [4.78, 5) is 31.0. The number of likely N-dealkylation sites (N-methyl/N-ethyl adjacent to an activating group) is 1. The smallest absolute Gasteiger partial charge is 0.337 e. The fourth-order valence-electron chi connectivity index (χ4n) is 3.24.